The molecule has 0 aromatic heterocycles. The zero-order valence-corrected chi connectivity index (χ0v) is 13.4. The number of nitro benzene ring substituents is 1. The number of carbonyl (C=O) groups excluding carboxylic acids is 1. The molecule has 0 aliphatic heterocycles. The average Bonchev–Trinajstić information content (AvgIpc) is 2.61. The van der Waals surface area contributed by atoms with Crippen LogP contribution < -0.4 is 14.8 Å². The molecule has 0 bridgehead atoms. The molecule has 0 aliphatic carbocycles. The quantitative estimate of drug-likeness (QED) is 0.456. The summed E-state index contributed by atoms with van der Waals surface area (Å²) < 4.78 is 10.5. The Kier molecular flexibility index (Phi) is 5.73. The molecule has 126 valence electrons. The molecule has 24 heavy (non-hydrogen) atoms. The summed E-state index contributed by atoms with van der Waals surface area (Å²) in [7, 11) is 3.05. The van der Waals surface area contributed by atoms with E-state index in [2.05, 4.69) is 5.32 Å². The van der Waals surface area contributed by atoms with Crippen LogP contribution in [0.25, 0.3) is 0 Å². The lowest BCUT2D eigenvalue weighted by molar-refractivity contribution is -0.385. The normalized spacial score (nSPS) is 11.4. The zero-order chi connectivity index (χ0) is 17.5. The SMILES string of the molecule is COc1ccc([C@H](Cc2ccccc2[N+](=O)[O-])NC=O)cc1OC. The van der Waals surface area contributed by atoms with E-state index in [0.717, 1.165) is 5.56 Å². The average molecular weight is 330 g/mol. The fourth-order valence-corrected chi connectivity index (χ4v) is 2.51. The van der Waals surface area contributed by atoms with Crippen LogP contribution in [0.5, 0.6) is 11.5 Å². The summed E-state index contributed by atoms with van der Waals surface area (Å²) in [6.07, 6.45) is 0.863. The fourth-order valence-electron chi connectivity index (χ4n) is 2.51. The van der Waals surface area contributed by atoms with Crippen molar-refractivity contribution in [3.05, 3.63) is 63.7 Å². The Hall–Kier alpha value is -3.09. The maximum absolute atomic E-state index is 11.2. The first-order chi connectivity index (χ1) is 11.6. The highest BCUT2D eigenvalue weighted by molar-refractivity contribution is 5.51. The van der Waals surface area contributed by atoms with Crippen LogP contribution in [0.15, 0.2) is 42.5 Å². The number of para-hydroxylation sites is 1. The lowest BCUT2D eigenvalue weighted by Gasteiger charge is -2.18. The third-order valence-corrected chi connectivity index (χ3v) is 3.69. The van der Waals surface area contributed by atoms with E-state index in [1.165, 1.54) is 20.3 Å². The van der Waals surface area contributed by atoms with Crippen LogP contribution in [0.4, 0.5) is 5.69 Å². The molecule has 1 atom stereocenters. The number of benzene rings is 2. The summed E-state index contributed by atoms with van der Waals surface area (Å²) in [6.45, 7) is 0. The van der Waals surface area contributed by atoms with Crippen molar-refractivity contribution in [3.63, 3.8) is 0 Å². The Morgan fingerprint density at radius 3 is 2.50 bits per heavy atom. The van der Waals surface area contributed by atoms with Crippen molar-refractivity contribution in [3.8, 4) is 11.5 Å². The van der Waals surface area contributed by atoms with Crippen LogP contribution in [0.3, 0.4) is 0 Å². The van der Waals surface area contributed by atoms with E-state index in [4.69, 9.17) is 9.47 Å². The molecule has 0 radical (unpaired) electrons. The molecule has 0 unspecified atom stereocenters. The number of carbonyl (C=O) groups is 1. The second kappa shape index (κ2) is 7.96. The van der Waals surface area contributed by atoms with E-state index < -0.39 is 11.0 Å². The van der Waals surface area contributed by atoms with E-state index in [-0.39, 0.29) is 12.1 Å². The molecule has 7 heteroatoms. The van der Waals surface area contributed by atoms with Gasteiger partial charge < -0.3 is 14.8 Å². The first kappa shape index (κ1) is 17.3. The lowest BCUT2D eigenvalue weighted by Crippen LogP contribution is -2.22. The van der Waals surface area contributed by atoms with Gasteiger partial charge in [0, 0.05) is 18.1 Å². The minimum absolute atomic E-state index is 0.0238. The molecular weight excluding hydrogens is 312 g/mol. The molecule has 0 fully saturated rings. The van der Waals surface area contributed by atoms with E-state index in [0.29, 0.717) is 23.5 Å². The van der Waals surface area contributed by atoms with Gasteiger partial charge in [-0.2, -0.15) is 0 Å². The number of nitrogens with zero attached hydrogens (tertiary/aromatic N) is 1. The highest BCUT2D eigenvalue weighted by Crippen LogP contribution is 2.32. The molecule has 0 heterocycles. The first-order valence-electron chi connectivity index (χ1n) is 7.24. The van der Waals surface area contributed by atoms with E-state index in [9.17, 15) is 14.9 Å². The maximum Gasteiger partial charge on any atom is 0.272 e. The second-order valence-corrected chi connectivity index (χ2v) is 5.04. The molecule has 0 aliphatic rings. The van der Waals surface area contributed by atoms with Gasteiger partial charge in [0.25, 0.3) is 5.69 Å². The highest BCUT2D eigenvalue weighted by Gasteiger charge is 2.19. The summed E-state index contributed by atoms with van der Waals surface area (Å²) in [5, 5.41) is 13.9. The summed E-state index contributed by atoms with van der Waals surface area (Å²) in [6, 6.07) is 11.3. The van der Waals surface area contributed by atoms with Gasteiger partial charge in [0.2, 0.25) is 6.41 Å². The number of nitro groups is 1. The maximum atomic E-state index is 11.2. The molecule has 1 N–H and O–H groups in total. The Morgan fingerprint density at radius 2 is 1.88 bits per heavy atom. The number of hydrogen-bond donors (Lipinski definition) is 1. The number of methoxy groups -OCH3 is 2. The van der Waals surface area contributed by atoms with Gasteiger partial charge in [-0.25, -0.2) is 0 Å². The second-order valence-electron chi connectivity index (χ2n) is 5.04. The molecular formula is C17H18N2O5. The van der Waals surface area contributed by atoms with Crippen LogP contribution >= 0.6 is 0 Å². The van der Waals surface area contributed by atoms with Crippen molar-refractivity contribution in [2.75, 3.05) is 14.2 Å². The van der Waals surface area contributed by atoms with Gasteiger partial charge in [0.1, 0.15) is 0 Å². The minimum Gasteiger partial charge on any atom is -0.493 e. The van der Waals surface area contributed by atoms with Crippen LogP contribution in [-0.4, -0.2) is 25.6 Å². The fraction of sp³-hybridized carbons (Fsp3) is 0.235. The van der Waals surface area contributed by atoms with Gasteiger partial charge >= 0.3 is 0 Å². The Balaban J connectivity index is 2.37. The predicted molar refractivity (Wildman–Crippen MR) is 88.3 cm³/mol. The van der Waals surface area contributed by atoms with Crippen molar-refractivity contribution in [2.24, 2.45) is 0 Å². The molecule has 7 nitrogen and oxygen atoms in total. The lowest BCUT2D eigenvalue weighted by atomic mass is 9.97. The molecule has 0 saturated carbocycles. The monoisotopic (exact) mass is 330 g/mol. The molecule has 0 saturated heterocycles. The Morgan fingerprint density at radius 1 is 1.17 bits per heavy atom. The summed E-state index contributed by atoms with van der Waals surface area (Å²) in [5.41, 5.74) is 1.32. The summed E-state index contributed by atoms with van der Waals surface area (Å²) in [4.78, 5) is 21.7. The standard InChI is InChI=1S/C17H18N2O5/c1-23-16-8-7-12(10-17(16)24-2)14(18-11-20)9-13-5-3-4-6-15(13)19(21)22/h3-8,10-11,14H,9H2,1-2H3,(H,18,20)/t14-/m0/s1. The minimum atomic E-state index is -0.429. The third kappa shape index (κ3) is 3.81. The zero-order valence-electron chi connectivity index (χ0n) is 13.4. The molecule has 1 amide bonds. The van der Waals surface area contributed by atoms with Crippen molar-refractivity contribution in [2.45, 2.75) is 12.5 Å². The smallest absolute Gasteiger partial charge is 0.272 e. The molecule has 2 aromatic rings. The van der Waals surface area contributed by atoms with Gasteiger partial charge in [0.15, 0.2) is 11.5 Å². The largest absolute Gasteiger partial charge is 0.493 e. The Labute approximate surface area is 139 Å². The van der Waals surface area contributed by atoms with Crippen molar-refractivity contribution < 1.29 is 19.2 Å². The van der Waals surface area contributed by atoms with Crippen molar-refractivity contribution >= 4 is 12.1 Å². The number of hydrogen-bond acceptors (Lipinski definition) is 5. The van der Waals surface area contributed by atoms with E-state index in [1.54, 1.807) is 36.4 Å². The number of nitrogens with one attached hydrogen (secondary N) is 1. The molecule has 2 aromatic carbocycles. The van der Waals surface area contributed by atoms with Crippen molar-refractivity contribution in [1.29, 1.82) is 0 Å². The van der Waals surface area contributed by atoms with Crippen LogP contribution in [0, 0.1) is 10.1 Å². The first-order valence-corrected chi connectivity index (χ1v) is 7.24. The number of amides is 1. The van der Waals surface area contributed by atoms with Crippen molar-refractivity contribution in [1.82, 2.24) is 5.32 Å². The van der Waals surface area contributed by atoms with E-state index in [1.807, 2.05) is 0 Å². The summed E-state index contributed by atoms with van der Waals surface area (Å²) >= 11 is 0. The van der Waals surface area contributed by atoms with E-state index >= 15 is 0 Å². The number of rotatable bonds is 8. The topological polar surface area (TPSA) is 90.7 Å². The van der Waals surface area contributed by atoms with Gasteiger partial charge in [-0.1, -0.05) is 24.3 Å². The van der Waals surface area contributed by atoms with Gasteiger partial charge in [-0.3, -0.25) is 14.9 Å². The summed E-state index contributed by atoms with van der Waals surface area (Å²) in [5.74, 6) is 1.09. The number of ether oxygens (including phenoxy) is 2. The van der Waals surface area contributed by atoms with Crippen LogP contribution in [0.2, 0.25) is 0 Å². The predicted octanol–water partition coefficient (Wildman–Crippen LogP) is 2.64. The van der Waals surface area contributed by atoms with Gasteiger partial charge in [-0.05, 0) is 17.7 Å². The van der Waals surface area contributed by atoms with Gasteiger partial charge in [0.05, 0.1) is 25.2 Å². The molecule has 2 rings (SSSR count). The highest BCUT2D eigenvalue weighted by atomic mass is 16.6. The molecule has 0 spiro atoms. The third-order valence-electron chi connectivity index (χ3n) is 3.69. The Bertz CT molecular complexity index is 733. The van der Waals surface area contributed by atoms with Gasteiger partial charge in [-0.15, -0.1) is 0 Å². The van der Waals surface area contributed by atoms with Crippen LogP contribution in [-0.2, 0) is 11.2 Å². The van der Waals surface area contributed by atoms with Crippen LogP contribution in [0.1, 0.15) is 17.2 Å².